The standard InChI is InChI=1S/C13H18N4.C2HF3O2/c1-2-4-12-11(3-1)16-13(17-12)15-9-10-5-7-14-8-6-10;3-2(4,5)1(6)7/h1-4,10,14H,5-9H2,(H2,15,16,17);(H,6,7). The number of carboxylic acid groups (broad SMARTS) is 1. The predicted octanol–water partition coefficient (Wildman–Crippen LogP) is 2.61. The summed E-state index contributed by atoms with van der Waals surface area (Å²) in [6, 6.07) is 8.12. The molecule has 1 aliphatic rings. The Kier molecular flexibility index (Phi) is 6.02. The van der Waals surface area contributed by atoms with Crippen molar-refractivity contribution in [2.24, 2.45) is 5.92 Å². The molecule has 0 unspecified atom stereocenters. The minimum absolute atomic E-state index is 0.768. The van der Waals surface area contributed by atoms with E-state index < -0.39 is 12.1 Å². The average molecular weight is 344 g/mol. The second-order valence-corrected chi connectivity index (χ2v) is 5.48. The van der Waals surface area contributed by atoms with E-state index in [4.69, 9.17) is 9.90 Å². The molecule has 0 amide bonds. The van der Waals surface area contributed by atoms with Crippen molar-refractivity contribution >= 4 is 23.0 Å². The Balaban J connectivity index is 0.000000256. The summed E-state index contributed by atoms with van der Waals surface area (Å²) in [5.74, 6) is -1.10. The molecule has 1 aromatic heterocycles. The molecule has 0 aliphatic carbocycles. The van der Waals surface area contributed by atoms with Crippen molar-refractivity contribution in [3.63, 3.8) is 0 Å². The molecule has 0 spiro atoms. The van der Waals surface area contributed by atoms with Gasteiger partial charge < -0.3 is 20.7 Å². The van der Waals surface area contributed by atoms with E-state index in [-0.39, 0.29) is 0 Å². The van der Waals surface area contributed by atoms with Gasteiger partial charge in [-0.3, -0.25) is 0 Å². The van der Waals surface area contributed by atoms with Crippen molar-refractivity contribution < 1.29 is 23.1 Å². The number of benzene rings is 1. The number of fused-ring (bicyclic) bond motifs is 1. The first kappa shape index (κ1) is 18.1. The minimum atomic E-state index is -5.08. The van der Waals surface area contributed by atoms with E-state index in [2.05, 4.69) is 26.7 Å². The molecule has 0 atom stereocenters. The van der Waals surface area contributed by atoms with E-state index in [1.807, 2.05) is 18.2 Å². The van der Waals surface area contributed by atoms with Crippen molar-refractivity contribution in [1.82, 2.24) is 15.3 Å². The van der Waals surface area contributed by atoms with Gasteiger partial charge in [0.2, 0.25) is 5.95 Å². The van der Waals surface area contributed by atoms with Crippen LogP contribution < -0.4 is 10.6 Å². The van der Waals surface area contributed by atoms with Gasteiger partial charge in [-0.2, -0.15) is 13.2 Å². The summed E-state index contributed by atoms with van der Waals surface area (Å²) in [6.07, 6.45) is -2.57. The summed E-state index contributed by atoms with van der Waals surface area (Å²) in [5, 5.41) is 13.9. The monoisotopic (exact) mass is 344 g/mol. The molecule has 0 radical (unpaired) electrons. The number of para-hydroxylation sites is 2. The Labute approximate surface area is 136 Å². The second kappa shape index (κ2) is 8.00. The zero-order valence-electron chi connectivity index (χ0n) is 12.9. The van der Waals surface area contributed by atoms with Gasteiger partial charge in [0.25, 0.3) is 0 Å². The van der Waals surface area contributed by atoms with Crippen LogP contribution in [0.25, 0.3) is 11.0 Å². The summed E-state index contributed by atoms with van der Waals surface area (Å²) in [7, 11) is 0. The number of rotatable bonds is 3. The van der Waals surface area contributed by atoms with Crippen LogP contribution in [0.15, 0.2) is 24.3 Å². The number of imidazole rings is 1. The first-order valence-corrected chi connectivity index (χ1v) is 7.55. The number of halogens is 3. The highest BCUT2D eigenvalue weighted by Gasteiger charge is 2.38. The van der Waals surface area contributed by atoms with Gasteiger partial charge in [0.15, 0.2) is 0 Å². The first-order chi connectivity index (χ1) is 11.4. The van der Waals surface area contributed by atoms with E-state index in [1.54, 1.807) is 0 Å². The summed E-state index contributed by atoms with van der Waals surface area (Å²) >= 11 is 0. The van der Waals surface area contributed by atoms with Gasteiger partial charge in [-0.05, 0) is 44.0 Å². The zero-order chi connectivity index (χ0) is 17.6. The highest BCUT2D eigenvalue weighted by atomic mass is 19.4. The molecule has 1 aromatic carbocycles. The molecule has 6 nitrogen and oxygen atoms in total. The Hall–Kier alpha value is -2.29. The molecule has 3 rings (SSSR count). The van der Waals surface area contributed by atoms with Crippen LogP contribution in [0, 0.1) is 5.92 Å². The van der Waals surface area contributed by atoms with Crippen molar-refractivity contribution in [3.8, 4) is 0 Å². The fourth-order valence-electron chi connectivity index (χ4n) is 2.36. The lowest BCUT2D eigenvalue weighted by Crippen LogP contribution is -2.31. The van der Waals surface area contributed by atoms with Gasteiger partial charge in [-0.1, -0.05) is 12.1 Å². The third-order valence-electron chi connectivity index (χ3n) is 3.65. The molecule has 4 N–H and O–H groups in total. The number of H-pyrrole nitrogens is 1. The maximum Gasteiger partial charge on any atom is 0.490 e. The molecule has 1 fully saturated rings. The van der Waals surface area contributed by atoms with Crippen LogP contribution in [0.1, 0.15) is 12.8 Å². The number of hydrogen-bond donors (Lipinski definition) is 4. The molecule has 1 aliphatic heterocycles. The molecule has 1 saturated heterocycles. The lowest BCUT2D eigenvalue weighted by molar-refractivity contribution is -0.192. The largest absolute Gasteiger partial charge is 0.490 e. The number of carboxylic acids is 1. The predicted molar refractivity (Wildman–Crippen MR) is 83.9 cm³/mol. The van der Waals surface area contributed by atoms with Crippen molar-refractivity contribution in [2.75, 3.05) is 25.0 Å². The molecule has 0 saturated carbocycles. The van der Waals surface area contributed by atoms with Gasteiger partial charge in [-0.15, -0.1) is 0 Å². The van der Waals surface area contributed by atoms with Crippen LogP contribution in [0.3, 0.4) is 0 Å². The van der Waals surface area contributed by atoms with E-state index >= 15 is 0 Å². The molecule has 2 aromatic rings. The minimum Gasteiger partial charge on any atom is -0.475 e. The van der Waals surface area contributed by atoms with Gasteiger partial charge in [0.1, 0.15) is 0 Å². The Morgan fingerprint density at radius 2 is 1.92 bits per heavy atom. The number of piperidine rings is 1. The number of nitrogens with zero attached hydrogens (tertiary/aromatic N) is 1. The number of aliphatic carboxylic acids is 1. The van der Waals surface area contributed by atoms with Crippen molar-refractivity contribution in [1.29, 1.82) is 0 Å². The maximum atomic E-state index is 10.6. The van der Waals surface area contributed by atoms with Gasteiger partial charge in [0, 0.05) is 6.54 Å². The zero-order valence-corrected chi connectivity index (χ0v) is 12.9. The molecule has 24 heavy (non-hydrogen) atoms. The van der Waals surface area contributed by atoms with Crippen LogP contribution >= 0.6 is 0 Å². The highest BCUT2D eigenvalue weighted by molar-refractivity contribution is 5.77. The van der Waals surface area contributed by atoms with Gasteiger partial charge >= 0.3 is 12.1 Å². The molecule has 9 heteroatoms. The smallest absolute Gasteiger partial charge is 0.475 e. The van der Waals surface area contributed by atoms with E-state index in [9.17, 15) is 13.2 Å². The maximum absolute atomic E-state index is 10.6. The van der Waals surface area contributed by atoms with Crippen LogP contribution in [0.4, 0.5) is 19.1 Å². The number of aromatic amines is 1. The average Bonchev–Trinajstić information content (AvgIpc) is 2.96. The third-order valence-corrected chi connectivity index (χ3v) is 3.65. The molecule has 0 bridgehead atoms. The molecule has 2 heterocycles. The molecular formula is C15H19F3N4O2. The summed E-state index contributed by atoms with van der Waals surface area (Å²) < 4.78 is 31.7. The molecular weight excluding hydrogens is 325 g/mol. The first-order valence-electron chi connectivity index (χ1n) is 7.55. The lowest BCUT2D eigenvalue weighted by atomic mass is 9.98. The summed E-state index contributed by atoms with van der Waals surface area (Å²) in [5.41, 5.74) is 2.13. The highest BCUT2D eigenvalue weighted by Crippen LogP contribution is 2.16. The Morgan fingerprint density at radius 3 is 2.50 bits per heavy atom. The number of alkyl halides is 3. The molecule has 132 valence electrons. The van der Waals surface area contributed by atoms with Crippen LogP contribution in [-0.2, 0) is 4.79 Å². The SMILES string of the molecule is O=C(O)C(F)(F)F.c1ccc2[nH]c(NCC3CCNCC3)nc2c1. The quantitative estimate of drug-likeness (QED) is 0.687. The van der Waals surface area contributed by atoms with Crippen molar-refractivity contribution in [3.05, 3.63) is 24.3 Å². The van der Waals surface area contributed by atoms with E-state index in [0.29, 0.717) is 0 Å². The summed E-state index contributed by atoms with van der Waals surface area (Å²) in [4.78, 5) is 16.7. The summed E-state index contributed by atoms with van der Waals surface area (Å²) in [6.45, 7) is 3.31. The number of nitrogens with one attached hydrogen (secondary N) is 3. The Morgan fingerprint density at radius 1 is 1.29 bits per heavy atom. The fraction of sp³-hybridized carbons (Fsp3) is 0.467. The topological polar surface area (TPSA) is 90.0 Å². The van der Waals surface area contributed by atoms with E-state index in [0.717, 1.165) is 42.5 Å². The third kappa shape index (κ3) is 5.41. The Bertz CT molecular complexity index is 633. The second-order valence-electron chi connectivity index (χ2n) is 5.48. The van der Waals surface area contributed by atoms with Crippen LogP contribution in [0.2, 0.25) is 0 Å². The number of carbonyl (C=O) groups is 1. The van der Waals surface area contributed by atoms with Gasteiger partial charge in [-0.25, -0.2) is 9.78 Å². The van der Waals surface area contributed by atoms with E-state index in [1.165, 1.54) is 12.8 Å². The number of aromatic nitrogens is 2. The lowest BCUT2D eigenvalue weighted by Gasteiger charge is -2.22. The van der Waals surface area contributed by atoms with Gasteiger partial charge in [0.05, 0.1) is 11.0 Å². The number of hydrogen-bond acceptors (Lipinski definition) is 4. The normalized spacial score (nSPS) is 15.6. The van der Waals surface area contributed by atoms with Crippen LogP contribution in [0.5, 0.6) is 0 Å². The van der Waals surface area contributed by atoms with Crippen molar-refractivity contribution in [2.45, 2.75) is 19.0 Å². The van der Waals surface area contributed by atoms with Crippen LogP contribution in [-0.4, -0.2) is 46.9 Å². The number of anilines is 1. The fourth-order valence-corrected chi connectivity index (χ4v) is 2.36.